The Labute approximate surface area is 153 Å². The van der Waals surface area contributed by atoms with E-state index in [1.807, 2.05) is 0 Å². The zero-order valence-corrected chi connectivity index (χ0v) is 15.7. The Hall–Kier alpha value is -1.97. The monoisotopic (exact) mass is 430 g/mol. The van der Waals surface area contributed by atoms with Crippen LogP contribution in [0.5, 0.6) is 5.75 Å². The first-order valence-electron chi connectivity index (χ1n) is 7.20. The number of rotatable bonds is 7. The molecule has 0 radical (unpaired) electrons. The Bertz CT molecular complexity index is 857. The molecule has 0 aromatic heterocycles. The van der Waals surface area contributed by atoms with Crippen LogP contribution >= 0.6 is 15.9 Å². The molecular weight excluding hydrogens is 415 g/mol. The van der Waals surface area contributed by atoms with E-state index in [1.54, 1.807) is 12.1 Å². The summed E-state index contributed by atoms with van der Waals surface area (Å²) in [5.41, 5.74) is 0.263. The maximum atomic E-state index is 13.6. The minimum atomic E-state index is -3.69. The topological polar surface area (TPSA) is 84.5 Å². The highest BCUT2D eigenvalue weighted by atomic mass is 79.9. The smallest absolute Gasteiger partial charge is 0.240 e. The first kappa shape index (κ1) is 19.4. The molecule has 134 valence electrons. The normalized spacial score (nSPS) is 11.2. The number of sulfonamides is 1. The van der Waals surface area contributed by atoms with Crippen molar-refractivity contribution < 1.29 is 22.3 Å². The molecule has 9 heteroatoms. The second-order valence-electron chi connectivity index (χ2n) is 5.00. The van der Waals surface area contributed by atoms with Crippen LogP contribution < -0.4 is 14.8 Å². The third-order valence-corrected chi connectivity index (χ3v) is 5.21. The number of benzene rings is 2. The molecule has 2 aromatic carbocycles. The van der Waals surface area contributed by atoms with Crippen LogP contribution in [0.3, 0.4) is 0 Å². The highest BCUT2D eigenvalue weighted by molar-refractivity contribution is 9.10. The number of ether oxygens (including phenoxy) is 1. The van der Waals surface area contributed by atoms with Gasteiger partial charge < -0.3 is 10.1 Å². The van der Waals surface area contributed by atoms with Crippen LogP contribution in [-0.2, 0) is 14.8 Å². The van der Waals surface area contributed by atoms with Gasteiger partial charge in [-0.2, -0.15) is 0 Å². The number of amides is 1. The van der Waals surface area contributed by atoms with Crippen molar-refractivity contribution in [1.29, 1.82) is 0 Å². The second-order valence-corrected chi connectivity index (χ2v) is 7.68. The molecule has 0 aliphatic heterocycles. The third kappa shape index (κ3) is 5.52. The molecule has 2 rings (SSSR count). The maximum absolute atomic E-state index is 13.6. The molecular formula is C16H16BrFN2O4S. The van der Waals surface area contributed by atoms with Crippen molar-refractivity contribution in [3.8, 4) is 5.75 Å². The molecule has 0 unspecified atom stereocenters. The summed E-state index contributed by atoms with van der Waals surface area (Å²) in [6.45, 7) is -0.0805. The zero-order chi connectivity index (χ0) is 18.4. The average molecular weight is 431 g/mol. The van der Waals surface area contributed by atoms with Crippen LogP contribution in [0.2, 0.25) is 0 Å². The Morgan fingerprint density at radius 3 is 2.48 bits per heavy atom. The van der Waals surface area contributed by atoms with E-state index in [1.165, 1.54) is 31.4 Å². The van der Waals surface area contributed by atoms with Gasteiger partial charge in [0.2, 0.25) is 15.9 Å². The van der Waals surface area contributed by atoms with Gasteiger partial charge in [0.25, 0.3) is 0 Å². The van der Waals surface area contributed by atoms with Crippen LogP contribution in [0.4, 0.5) is 10.1 Å². The summed E-state index contributed by atoms with van der Waals surface area (Å²) in [7, 11) is -2.35. The van der Waals surface area contributed by atoms with Crippen molar-refractivity contribution in [3.63, 3.8) is 0 Å². The Morgan fingerprint density at radius 1 is 1.20 bits per heavy atom. The third-order valence-electron chi connectivity index (χ3n) is 3.20. The molecule has 0 saturated carbocycles. The van der Waals surface area contributed by atoms with E-state index in [-0.39, 0.29) is 29.3 Å². The molecule has 0 saturated heterocycles. The SMILES string of the molecule is COc1ccc(NC(=O)CCNS(=O)(=O)c2ccc(Br)cc2)cc1F. The molecule has 0 fully saturated rings. The van der Waals surface area contributed by atoms with Crippen molar-refractivity contribution in [2.45, 2.75) is 11.3 Å². The molecule has 0 atom stereocenters. The number of nitrogens with one attached hydrogen (secondary N) is 2. The molecule has 0 aliphatic carbocycles. The van der Waals surface area contributed by atoms with E-state index >= 15 is 0 Å². The van der Waals surface area contributed by atoms with E-state index in [4.69, 9.17) is 4.74 Å². The lowest BCUT2D eigenvalue weighted by molar-refractivity contribution is -0.116. The van der Waals surface area contributed by atoms with Crippen LogP contribution in [-0.4, -0.2) is 28.0 Å². The minimum Gasteiger partial charge on any atom is -0.494 e. The fourth-order valence-corrected chi connectivity index (χ4v) is 3.26. The lowest BCUT2D eigenvalue weighted by atomic mass is 10.2. The van der Waals surface area contributed by atoms with Gasteiger partial charge in [0.05, 0.1) is 12.0 Å². The fourth-order valence-electron chi connectivity index (χ4n) is 1.96. The van der Waals surface area contributed by atoms with Crippen molar-refractivity contribution in [3.05, 3.63) is 52.8 Å². The van der Waals surface area contributed by atoms with E-state index in [2.05, 4.69) is 26.0 Å². The Balaban J connectivity index is 1.87. The average Bonchev–Trinajstić information content (AvgIpc) is 2.55. The van der Waals surface area contributed by atoms with Gasteiger partial charge in [-0.05, 0) is 36.4 Å². The van der Waals surface area contributed by atoms with Crippen LogP contribution in [0.15, 0.2) is 51.8 Å². The summed E-state index contributed by atoms with van der Waals surface area (Å²) in [5.74, 6) is -0.973. The minimum absolute atomic E-state index is 0.0697. The van der Waals surface area contributed by atoms with Gasteiger partial charge >= 0.3 is 0 Å². The molecule has 0 spiro atoms. The number of hydrogen-bond acceptors (Lipinski definition) is 4. The lowest BCUT2D eigenvalue weighted by Gasteiger charge is -2.09. The standard InChI is InChI=1S/C16H16BrFN2O4S/c1-24-15-7-4-12(10-14(15)18)20-16(21)8-9-19-25(22,23)13-5-2-11(17)3-6-13/h2-7,10,19H,8-9H2,1H3,(H,20,21). The van der Waals surface area contributed by atoms with E-state index in [0.717, 1.165) is 10.5 Å². The van der Waals surface area contributed by atoms with Crippen LogP contribution in [0.1, 0.15) is 6.42 Å². The largest absolute Gasteiger partial charge is 0.494 e. The number of carbonyl (C=O) groups is 1. The Morgan fingerprint density at radius 2 is 1.88 bits per heavy atom. The second kappa shape index (κ2) is 8.41. The van der Waals surface area contributed by atoms with Gasteiger partial charge in [-0.15, -0.1) is 0 Å². The van der Waals surface area contributed by atoms with Crippen LogP contribution in [0.25, 0.3) is 0 Å². The van der Waals surface area contributed by atoms with Crippen molar-refractivity contribution >= 4 is 37.5 Å². The summed E-state index contributed by atoms with van der Waals surface area (Å²) >= 11 is 3.23. The number of halogens is 2. The van der Waals surface area contributed by atoms with Gasteiger partial charge in [0.1, 0.15) is 0 Å². The maximum Gasteiger partial charge on any atom is 0.240 e. The van der Waals surface area contributed by atoms with Gasteiger partial charge in [0, 0.05) is 29.2 Å². The van der Waals surface area contributed by atoms with Gasteiger partial charge in [-0.1, -0.05) is 15.9 Å². The molecule has 0 aliphatic rings. The lowest BCUT2D eigenvalue weighted by Crippen LogP contribution is -2.27. The first-order chi connectivity index (χ1) is 11.8. The number of methoxy groups -OCH3 is 1. The summed E-state index contributed by atoms with van der Waals surface area (Å²) < 4.78 is 45.6. The van der Waals surface area contributed by atoms with Gasteiger partial charge in [-0.25, -0.2) is 17.5 Å². The molecule has 25 heavy (non-hydrogen) atoms. The fraction of sp³-hybridized carbons (Fsp3) is 0.188. The molecule has 2 aromatic rings. The summed E-state index contributed by atoms with van der Waals surface area (Å²) in [5, 5.41) is 2.49. The van der Waals surface area contributed by atoms with Crippen molar-refractivity contribution in [1.82, 2.24) is 4.72 Å². The number of anilines is 1. The quantitative estimate of drug-likeness (QED) is 0.706. The molecule has 1 amide bonds. The van der Waals surface area contributed by atoms with E-state index in [9.17, 15) is 17.6 Å². The number of carbonyl (C=O) groups excluding carboxylic acids is 1. The number of hydrogen-bond donors (Lipinski definition) is 2. The van der Waals surface area contributed by atoms with Crippen molar-refractivity contribution in [2.75, 3.05) is 19.0 Å². The Kier molecular flexibility index (Phi) is 6.51. The molecule has 0 bridgehead atoms. The predicted molar refractivity (Wildman–Crippen MR) is 95.5 cm³/mol. The van der Waals surface area contributed by atoms with Gasteiger partial charge in [0.15, 0.2) is 11.6 Å². The predicted octanol–water partition coefficient (Wildman–Crippen LogP) is 2.90. The van der Waals surface area contributed by atoms with Crippen molar-refractivity contribution in [2.24, 2.45) is 0 Å². The summed E-state index contributed by atoms with van der Waals surface area (Å²) in [4.78, 5) is 11.9. The first-order valence-corrected chi connectivity index (χ1v) is 9.48. The summed E-state index contributed by atoms with van der Waals surface area (Å²) in [6.07, 6.45) is -0.0938. The summed E-state index contributed by atoms with van der Waals surface area (Å²) in [6, 6.07) is 10.1. The zero-order valence-electron chi connectivity index (χ0n) is 13.3. The van der Waals surface area contributed by atoms with E-state index in [0.29, 0.717) is 0 Å². The van der Waals surface area contributed by atoms with Crippen LogP contribution in [0, 0.1) is 5.82 Å². The molecule has 6 nitrogen and oxygen atoms in total. The molecule has 2 N–H and O–H groups in total. The van der Waals surface area contributed by atoms with E-state index < -0.39 is 21.7 Å². The molecule has 0 heterocycles. The highest BCUT2D eigenvalue weighted by Crippen LogP contribution is 2.20. The van der Waals surface area contributed by atoms with Gasteiger partial charge in [-0.3, -0.25) is 4.79 Å². The highest BCUT2D eigenvalue weighted by Gasteiger charge is 2.14.